The van der Waals surface area contributed by atoms with Gasteiger partial charge in [0.25, 0.3) is 5.91 Å². The van der Waals surface area contributed by atoms with E-state index in [1.165, 1.54) is 0 Å². The van der Waals surface area contributed by atoms with Gasteiger partial charge in [-0.3, -0.25) is 9.59 Å². The van der Waals surface area contributed by atoms with Crippen LogP contribution in [-0.2, 0) is 9.59 Å². The second kappa shape index (κ2) is 3.01. The molecule has 1 unspecified atom stereocenters. The summed E-state index contributed by atoms with van der Waals surface area (Å²) in [5.74, 6) is -2.11. The van der Waals surface area contributed by atoms with Crippen molar-refractivity contribution in [3.63, 3.8) is 0 Å². The average Bonchev–Trinajstić information content (AvgIpc) is 2.32. The summed E-state index contributed by atoms with van der Waals surface area (Å²) in [7, 11) is 0. The minimum absolute atomic E-state index is 0.0480. The third-order valence-corrected chi connectivity index (χ3v) is 3.32. The van der Waals surface area contributed by atoms with E-state index in [9.17, 15) is 14.0 Å². The first-order valence-corrected chi connectivity index (χ1v) is 5.27. The zero-order valence-electron chi connectivity index (χ0n) is 8.23. The van der Waals surface area contributed by atoms with E-state index in [-0.39, 0.29) is 15.8 Å². The molecule has 1 aliphatic carbocycles. The zero-order valence-corrected chi connectivity index (χ0v) is 9.81. The smallest absolute Gasteiger partial charge is 0.251 e. The molecule has 0 saturated carbocycles. The van der Waals surface area contributed by atoms with E-state index in [1.807, 2.05) is 0 Å². The van der Waals surface area contributed by atoms with Gasteiger partial charge in [0.05, 0.1) is 16.0 Å². The van der Waals surface area contributed by atoms with Crippen molar-refractivity contribution < 1.29 is 14.0 Å². The monoisotopic (exact) mass is 273 g/mol. The summed E-state index contributed by atoms with van der Waals surface area (Å²) in [4.78, 5) is 23.3. The lowest BCUT2D eigenvalue weighted by Gasteiger charge is -2.26. The molecule has 1 fully saturated rings. The zero-order chi connectivity index (χ0) is 11.4. The standard InChI is InChI=1S/C10H9BrFNO2/c1-10(2)7-6(9(15)13-10)5(12)3-4(11)8(7)14/h3,7H,1-2H3,(H,13,15). The molecule has 0 spiro atoms. The van der Waals surface area contributed by atoms with Crippen molar-refractivity contribution in [3.05, 3.63) is 22.0 Å². The number of halogens is 2. The van der Waals surface area contributed by atoms with Gasteiger partial charge in [0.1, 0.15) is 5.83 Å². The lowest BCUT2D eigenvalue weighted by molar-refractivity contribution is -0.119. The van der Waals surface area contributed by atoms with Gasteiger partial charge in [0.15, 0.2) is 5.78 Å². The molecule has 1 saturated heterocycles. The summed E-state index contributed by atoms with van der Waals surface area (Å²) >= 11 is 3.00. The first kappa shape index (κ1) is 10.5. The average molecular weight is 274 g/mol. The molecule has 0 radical (unpaired) electrons. The fourth-order valence-electron chi connectivity index (χ4n) is 2.03. The van der Waals surface area contributed by atoms with E-state index in [1.54, 1.807) is 13.8 Å². The second-order valence-electron chi connectivity index (χ2n) is 4.23. The molecule has 1 aliphatic heterocycles. The first-order chi connectivity index (χ1) is 6.84. The highest BCUT2D eigenvalue weighted by atomic mass is 79.9. The molecule has 80 valence electrons. The molecule has 5 heteroatoms. The molecule has 3 nitrogen and oxygen atoms in total. The van der Waals surface area contributed by atoms with E-state index >= 15 is 0 Å². The lowest BCUT2D eigenvalue weighted by Crippen LogP contribution is -2.42. The molecule has 1 N–H and O–H groups in total. The van der Waals surface area contributed by atoms with Gasteiger partial charge in [-0.1, -0.05) is 0 Å². The van der Waals surface area contributed by atoms with Gasteiger partial charge in [-0.05, 0) is 35.9 Å². The van der Waals surface area contributed by atoms with Crippen molar-refractivity contribution in [3.8, 4) is 0 Å². The van der Waals surface area contributed by atoms with Crippen LogP contribution in [-0.4, -0.2) is 17.2 Å². The van der Waals surface area contributed by atoms with Crippen molar-refractivity contribution in [1.29, 1.82) is 0 Å². The van der Waals surface area contributed by atoms with Crippen LogP contribution in [0.15, 0.2) is 22.0 Å². The summed E-state index contributed by atoms with van der Waals surface area (Å²) in [5, 5.41) is 2.60. The van der Waals surface area contributed by atoms with Crippen LogP contribution in [0.2, 0.25) is 0 Å². The maximum absolute atomic E-state index is 13.5. The van der Waals surface area contributed by atoms with Crippen molar-refractivity contribution in [2.75, 3.05) is 0 Å². The van der Waals surface area contributed by atoms with Gasteiger partial charge in [-0.25, -0.2) is 4.39 Å². The largest absolute Gasteiger partial charge is 0.346 e. The van der Waals surface area contributed by atoms with Crippen LogP contribution in [0.3, 0.4) is 0 Å². The molecule has 2 rings (SSSR count). The molecular formula is C10H9BrFNO2. The maximum atomic E-state index is 13.5. The Kier molecular flexibility index (Phi) is 2.12. The van der Waals surface area contributed by atoms with E-state index in [0.717, 1.165) is 6.08 Å². The molecule has 0 aromatic rings. The minimum atomic E-state index is -0.732. The quantitative estimate of drug-likeness (QED) is 0.729. The van der Waals surface area contributed by atoms with Gasteiger partial charge < -0.3 is 5.32 Å². The van der Waals surface area contributed by atoms with Crippen LogP contribution in [0.5, 0.6) is 0 Å². The highest BCUT2D eigenvalue weighted by molar-refractivity contribution is 9.12. The number of carbonyl (C=O) groups is 2. The molecule has 1 amide bonds. The van der Waals surface area contributed by atoms with Crippen LogP contribution in [0, 0.1) is 5.92 Å². The summed E-state index contributed by atoms with van der Waals surface area (Å²) in [6.07, 6.45) is 1.05. The molecule has 0 bridgehead atoms. The van der Waals surface area contributed by atoms with E-state index in [2.05, 4.69) is 21.2 Å². The molecule has 1 heterocycles. The first-order valence-electron chi connectivity index (χ1n) is 4.48. The molecule has 2 aliphatic rings. The second-order valence-corrected chi connectivity index (χ2v) is 5.08. The summed E-state index contributed by atoms with van der Waals surface area (Å²) in [5.41, 5.74) is -0.776. The van der Waals surface area contributed by atoms with Crippen LogP contribution < -0.4 is 5.32 Å². The highest BCUT2D eigenvalue weighted by Crippen LogP contribution is 2.40. The van der Waals surface area contributed by atoms with Crippen LogP contribution >= 0.6 is 15.9 Å². The van der Waals surface area contributed by atoms with Gasteiger partial charge >= 0.3 is 0 Å². The molecule has 0 aromatic heterocycles. The van der Waals surface area contributed by atoms with E-state index in [4.69, 9.17) is 0 Å². The molecule has 0 aromatic carbocycles. The fraction of sp³-hybridized carbons (Fsp3) is 0.400. The number of nitrogens with one attached hydrogen (secondary N) is 1. The number of hydrogen-bond donors (Lipinski definition) is 1. The Morgan fingerprint density at radius 2 is 2.07 bits per heavy atom. The number of rotatable bonds is 0. The Balaban J connectivity index is 2.63. The third-order valence-electron chi connectivity index (χ3n) is 2.70. The van der Waals surface area contributed by atoms with Gasteiger partial charge in [-0.2, -0.15) is 0 Å². The number of Topliss-reactive ketones (excluding diaryl/α,β-unsaturated/α-hetero) is 1. The SMILES string of the molecule is CC1(C)NC(=O)C2=C(F)C=C(Br)C(=O)C21. The Hall–Kier alpha value is -0.970. The van der Waals surface area contributed by atoms with Crippen molar-refractivity contribution in [2.24, 2.45) is 5.92 Å². The summed E-state index contributed by atoms with van der Waals surface area (Å²) < 4.78 is 13.7. The predicted molar refractivity (Wildman–Crippen MR) is 55.9 cm³/mol. The molecule has 1 atom stereocenters. The van der Waals surface area contributed by atoms with Crippen molar-refractivity contribution in [1.82, 2.24) is 5.32 Å². The number of carbonyl (C=O) groups excluding carboxylic acids is 2. The van der Waals surface area contributed by atoms with Crippen LogP contribution in [0.4, 0.5) is 4.39 Å². The van der Waals surface area contributed by atoms with E-state index < -0.39 is 23.2 Å². The number of allylic oxidation sites excluding steroid dienone is 3. The number of hydrogen-bond acceptors (Lipinski definition) is 2. The molecule has 15 heavy (non-hydrogen) atoms. The van der Waals surface area contributed by atoms with Crippen LogP contribution in [0.1, 0.15) is 13.8 Å². The Morgan fingerprint density at radius 1 is 1.47 bits per heavy atom. The van der Waals surface area contributed by atoms with Crippen molar-refractivity contribution >= 4 is 27.6 Å². The Morgan fingerprint density at radius 3 is 2.67 bits per heavy atom. The number of fused-ring (bicyclic) bond motifs is 1. The molecular weight excluding hydrogens is 265 g/mol. The van der Waals surface area contributed by atoms with Gasteiger partial charge in [0.2, 0.25) is 0 Å². The Labute approximate surface area is 94.5 Å². The normalized spacial score (nSPS) is 28.8. The van der Waals surface area contributed by atoms with Gasteiger partial charge in [-0.15, -0.1) is 0 Å². The van der Waals surface area contributed by atoms with Gasteiger partial charge in [0, 0.05) is 5.54 Å². The summed E-state index contributed by atoms with van der Waals surface area (Å²) in [6.45, 7) is 3.42. The topological polar surface area (TPSA) is 46.2 Å². The fourth-order valence-corrected chi connectivity index (χ4v) is 2.46. The van der Waals surface area contributed by atoms with Crippen molar-refractivity contribution in [2.45, 2.75) is 19.4 Å². The maximum Gasteiger partial charge on any atom is 0.251 e. The highest BCUT2D eigenvalue weighted by Gasteiger charge is 2.51. The number of amides is 1. The predicted octanol–water partition coefficient (Wildman–Crippen LogP) is 1.60. The Bertz CT molecular complexity index is 437. The van der Waals surface area contributed by atoms with E-state index in [0.29, 0.717) is 0 Å². The number of ketones is 1. The lowest BCUT2D eigenvalue weighted by atomic mass is 9.80. The third kappa shape index (κ3) is 1.37. The summed E-state index contributed by atoms with van der Waals surface area (Å²) in [6, 6.07) is 0. The van der Waals surface area contributed by atoms with Crippen LogP contribution in [0.25, 0.3) is 0 Å². The minimum Gasteiger partial charge on any atom is -0.346 e.